The zero-order valence-corrected chi connectivity index (χ0v) is 15.4. The number of carbonyl (C=O) groups is 2. The number of unbranched alkanes of at least 4 members (excludes halogenated alkanes) is 2. The number of amides is 1. The van der Waals surface area contributed by atoms with Gasteiger partial charge in [-0.15, -0.1) is 0 Å². The van der Waals surface area contributed by atoms with Crippen LogP contribution in [0.5, 0.6) is 0 Å². The molecule has 0 bridgehead atoms. The minimum atomic E-state index is -1.06. The third kappa shape index (κ3) is 6.89. The molecule has 5 heteroatoms. The van der Waals surface area contributed by atoms with E-state index in [1.54, 1.807) is 0 Å². The van der Waals surface area contributed by atoms with E-state index in [0.717, 1.165) is 29.8 Å². The van der Waals surface area contributed by atoms with E-state index in [9.17, 15) is 14.7 Å². The monoisotopic (exact) mass is 373 g/mol. The Morgan fingerprint density at radius 3 is 2.27 bits per heavy atom. The molecular formula is C21H24ClNO3. The van der Waals surface area contributed by atoms with Gasteiger partial charge in [0.1, 0.15) is 5.92 Å². The largest absolute Gasteiger partial charge is 0.481 e. The van der Waals surface area contributed by atoms with Crippen molar-refractivity contribution < 1.29 is 14.7 Å². The number of carboxylic acids is 1. The first-order valence-electron chi connectivity index (χ1n) is 8.85. The minimum Gasteiger partial charge on any atom is -0.481 e. The zero-order chi connectivity index (χ0) is 18.8. The molecule has 26 heavy (non-hydrogen) atoms. The Hall–Kier alpha value is -2.33. The predicted molar refractivity (Wildman–Crippen MR) is 103 cm³/mol. The second-order valence-corrected chi connectivity index (χ2v) is 6.76. The number of benzene rings is 2. The lowest BCUT2D eigenvalue weighted by atomic mass is 9.98. The van der Waals surface area contributed by atoms with E-state index in [2.05, 4.69) is 5.32 Å². The average molecular weight is 374 g/mol. The summed E-state index contributed by atoms with van der Waals surface area (Å²) < 4.78 is 0. The Labute approximate surface area is 159 Å². The molecule has 0 aliphatic rings. The van der Waals surface area contributed by atoms with Crippen LogP contribution in [0.1, 0.15) is 36.8 Å². The molecule has 0 saturated heterocycles. The van der Waals surface area contributed by atoms with Crippen LogP contribution in [-0.2, 0) is 22.6 Å². The first-order chi connectivity index (χ1) is 12.6. The number of rotatable bonds is 10. The highest BCUT2D eigenvalue weighted by molar-refractivity contribution is 6.30. The second kappa shape index (κ2) is 10.6. The maximum atomic E-state index is 12.2. The molecule has 2 aromatic rings. The van der Waals surface area contributed by atoms with Crippen LogP contribution in [0.15, 0.2) is 54.6 Å². The number of carbonyl (C=O) groups excluding carboxylic acids is 1. The highest BCUT2D eigenvalue weighted by Gasteiger charge is 2.25. The van der Waals surface area contributed by atoms with E-state index in [-0.39, 0.29) is 0 Å². The standard InChI is InChI=1S/C21H24ClNO3/c22-18-13-11-16(12-14-18)7-3-2-6-10-19(21(25)26)20(24)23-15-17-8-4-1-5-9-17/h1,4-5,8-9,11-14,19H,2-3,6-7,10,15H2,(H,23,24)(H,25,26). The number of aliphatic carboxylic acids is 1. The number of aryl methyl sites for hydroxylation is 1. The fraction of sp³-hybridized carbons (Fsp3) is 0.333. The Morgan fingerprint density at radius 2 is 1.62 bits per heavy atom. The predicted octanol–water partition coefficient (Wildman–Crippen LogP) is 4.46. The molecule has 0 aromatic heterocycles. The summed E-state index contributed by atoms with van der Waals surface area (Å²) >= 11 is 5.86. The molecule has 0 aliphatic heterocycles. The summed E-state index contributed by atoms with van der Waals surface area (Å²) in [6.07, 6.45) is 3.84. The number of hydrogen-bond donors (Lipinski definition) is 2. The van der Waals surface area contributed by atoms with Gasteiger partial charge in [0, 0.05) is 11.6 Å². The molecule has 0 saturated carbocycles. The molecule has 138 valence electrons. The second-order valence-electron chi connectivity index (χ2n) is 6.32. The van der Waals surface area contributed by atoms with Crippen molar-refractivity contribution in [2.45, 2.75) is 38.6 Å². The van der Waals surface area contributed by atoms with E-state index in [1.165, 1.54) is 5.56 Å². The van der Waals surface area contributed by atoms with E-state index in [4.69, 9.17) is 11.6 Å². The molecule has 0 heterocycles. The number of nitrogens with one attached hydrogen (secondary N) is 1. The van der Waals surface area contributed by atoms with Crippen molar-refractivity contribution in [3.05, 3.63) is 70.7 Å². The maximum absolute atomic E-state index is 12.2. The molecule has 2 N–H and O–H groups in total. The Kier molecular flexibility index (Phi) is 8.16. The van der Waals surface area contributed by atoms with Gasteiger partial charge in [-0.2, -0.15) is 0 Å². The maximum Gasteiger partial charge on any atom is 0.316 e. The number of halogens is 1. The van der Waals surface area contributed by atoms with Crippen molar-refractivity contribution >= 4 is 23.5 Å². The molecule has 0 radical (unpaired) electrons. The van der Waals surface area contributed by atoms with Crippen molar-refractivity contribution in [3.8, 4) is 0 Å². The van der Waals surface area contributed by atoms with Crippen molar-refractivity contribution in [2.75, 3.05) is 0 Å². The third-order valence-corrected chi connectivity index (χ3v) is 4.55. The number of carboxylic acid groups (broad SMARTS) is 1. The minimum absolute atomic E-state index is 0.347. The molecule has 1 unspecified atom stereocenters. The first kappa shape index (κ1) is 20.0. The van der Waals surface area contributed by atoms with Gasteiger partial charge in [-0.1, -0.05) is 66.9 Å². The fourth-order valence-corrected chi connectivity index (χ4v) is 2.91. The van der Waals surface area contributed by atoms with Gasteiger partial charge in [0.05, 0.1) is 0 Å². The van der Waals surface area contributed by atoms with Gasteiger partial charge in [0.2, 0.25) is 5.91 Å². The molecular weight excluding hydrogens is 350 g/mol. The van der Waals surface area contributed by atoms with Gasteiger partial charge in [0.15, 0.2) is 0 Å². The fourth-order valence-electron chi connectivity index (χ4n) is 2.78. The van der Waals surface area contributed by atoms with E-state index in [0.29, 0.717) is 19.4 Å². The summed E-state index contributed by atoms with van der Waals surface area (Å²) in [4.78, 5) is 23.6. The lowest BCUT2D eigenvalue weighted by Crippen LogP contribution is -2.35. The molecule has 0 spiro atoms. The van der Waals surface area contributed by atoms with Gasteiger partial charge in [-0.25, -0.2) is 0 Å². The molecule has 0 aliphatic carbocycles. The summed E-state index contributed by atoms with van der Waals surface area (Å²) in [7, 11) is 0. The molecule has 1 amide bonds. The van der Waals surface area contributed by atoms with Crippen LogP contribution in [0, 0.1) is 5.92 Å². The van der Waals surface area contributed by atoms with E-state index >= 15 is 0 Å². The van der Waals surface area contributed by atoms with Gasteiger partial charge < -0.3 is 10.4 Å². The average Bonchev–Trinajstić information content (AvgIpc) is 2.64. The third-order valence-electron chi connectivity index (χ3n) is 4.30. The molecule has 0 fully saturated rings. The molecule has 1 atom stereocenters. The van der Waals surface area contributed by atoms with Crippen LogP contribution in [0.4, 0.5) is 0 Å². The van der Waals surface area contributed by atoms with E-state index < -0.39 is 17.8 Å². The van der Waals surface area contributed by atoms with Crippen molar-refractivity contribution in [2.24, 2.45) is 5.92 Å². The number of hydrogen-bond acceptors (Lipinski definition) is 2. The van der Waals surface area contributed by atoms with Crippen molar-refractivity contribution in [1.29, 1.82) is 0 Å². The summed E-state index contributed by atoms with van der Waals surface area (Å²) in [5, 5.41) is 12.8. The Balaban J connectivity index is 1.70. The van der Waals surface area contributed by atoms with Crippen LogP contribution in [-0.4, -0.2) is 17.0 Å². The zero-order valence-electron chi connectivity index (χ0n) is 14.7. The van der Waals surface area contributed by atoms with Crippen LogP contribution in [0.25, 0.3) is 0 Å². The Morgan fingerprint density at radius 1 is 0.923 bits per heavy atom. The molecule has 2 aromatic carbocycles. The first-order valence-corrected chi connectivity index (χ1v) is 9.23. The Bertz CT molecular complexity index is 701. The van der Waals surface area contributed by atoms with Crippen LogP contribution in [0.2, 0.25) is 5.02 Å². The van der Waals surface area contributed by atoms with Crippen molar-refractivity contribution in [1.82, 2.24) is 5.32 Å². The summed E-state index contributed by atoms with van der Waals surface area (Å²) in [5.74, 6) is -2.47. The molecule has 4 nitrogen and oxygen atoms in total. The van der Waals surface area contributed by atoms with Gasteiger partial charge in [-0.3, -0.25) is 9.59 Å². The van der Waals surface area contributed by atoms with Crippen LogP contribution in [0.3, 0.4) is 0 Å². The lowest BCUT2D eigenvalue weighted by Gasteiger charge is -2.13. The van der Waals surface area contributed by atoms with Crippen molar-refractivity contribution in [3.63, 3.8) is 0 Å². The van der Waals surface area contributed by atoms with Crippen LogP contribution >= 0.6 is 11.6 Å². The SMILES string of the molecule is O=C(O)C(CCCCCc1ccc(Cl)cc1)C(=O)NCc1ccccc1. The quantitative estimate of drug-likeness (QED) is 0.477. The normalized spacial score (nSPS) is 11.7. The molecule has 2 rings (SSSR count). The summed E-state index contributed by atoms with van der Waals surface area (Å²) in [6.45, 7) is 0.347. The highest BCUT2D eigenvalue weighted by Crippen LogP contribution is 2.15. The lowest BCUT2D eigenvalue weighted by molar-refractivity contribution is -0.147. The summed E-state index contributed by atoms with van der Waals surface area (Å²) in [6, 6.07) is 17.2. The smallest absolute Gasteiger partial charge is 0.316 e. The van der Waals surface area contributed by atoms with Gasteiger partial charge in [0.25, 0.3) is 0 Å². The van der Waals surface area contributed by atoms with Gasteiger partial charge in [-0.05, 0) is 42.5 Å². The highest BCUT2D eigenvalue weighted by atomic mass is 35.5. The topological polar surface area (TPSA) is 66.4 Å². The van der Waals surface area contributed by atoms with Gasteiger partial charge >= 0.3 is 5.97 Å². The van der Waals surface area contributed by atoms with E-state index in [1.807, 2.05) is 54.6 Å². The van der Waals surface area contributed by atoms with Crippen LogP contribution < -0.4 is 5.32 Å². The summed E-state index contributed by atoms with van der Waals surface area (Å²) in [5.41, 5.74) is 2.16.